The Labute approximate surface area is 176 Å². The highest BCUT2D eigenvalue weighted by Gasteiger charge is 2.29. The smallest absolute Gasteiger partial charge is 0.410 e. The lowest BCUT2D eigenvalue weighted by atomic mass is 10.1. The first-order valence-electron chi connectivity index (χ1n) is 9.09. The average molecular weight is 428 g/mol. The van der Waals surface area contributed by atoms with Crippen molar-refractivity contribution in [2.75, 3.05) is 40.3 Å². The van der Waals surface area contributed by atoms with E-state index in [0.29, 0.717) is 47.5 Å². The van der Waals surface area contributed by atoms with Crippen molar-refractivity contribution in [1.29, 1.82) is 0 Å². The number of Topliss-reactive ketones (excluding diaryl/α,β-unsaturated/α-hetero) is 1. The molecule has 2 rings (SSSR count). The van der Waals surface area contributed by atoms with E-state index in [4.69, 9.17) is 27.9 Å². The number of hydrogen-bond acceptors (Lipinski definition) is 5. The van der Waals surface area contributed by atoms with E-state index in [9.17, 15) is 9.59 Å². The van der Waals surface area contributed by atoms with Crippen LogP contribution in [0.1, 0.15) is 31.1 Å². The van der Waals surface area contributed by atoms with Crippen molar-refractivity contribution in [3.63, 3.8) is 0 Å². The Morgan fingerprint density at radius 1 is 1.07 bits per heavy atom. The van der Waals surface area contributed by atoms with Gasteiger partial charge >= 0.3 is 6.09 Å². The molecule has 1 amide bonds. The molecular weight excluding hydrogens is 401 g/mol. The van der Waals surface area contributed by atoms with Crippen LogP contribution < -0.4 is 0 Å². The number of rotatable bonds is 4. The lowest BCUT2D eigenvalue weighted by molar-refractivity contribution is 0.0168. The molecule has 0 bridgehead atoms. The van der Waals surface area contributed by atoms with Crippen LogP contribution in [-0.4, -0.2) is 72.5 Å². The normalized spacial score (nSPS) is 15.5. The quantitative estimate of drug-likeness (QED) is 0.533. The average Bonchev–Trinajstić information content (AvgIpc) is 2.57. The molecule has 28 heavy (non-hydrogen) atoms. The molecule has 0 aromatic heterocycles. The van der Waals surface area contributed by atoms with E-state index in [0.717, 1.165) is 0 Å². The van der Waals surface area contributed by atoms with Crippen LogP contribution >= 0.6 is 23.2 Å². The zero-order chi connectivity index (χ0) is 21.1. The standard InChI is InChI=1S/C20H27Cl2N3O3/c1-20(2,3)28-19(27)25-10-8-24(9-11-25)17(13-23(4)5)18(26)15-7-6-14(21)12-16(15)22/h6-7,12-13H,8-11H2,1-5H3/b17-13+. The van der Waals surface area contributed by atoms with Crippen molar-refractivity contribution in [3.05, 3.63) is 45.7 Å². The second-order valence-electron chi connectivity index (χ2n) is 7.89. The summed E-state index contributed by atoms with van der Waals surface area (Å²) >= 11 is 12.2. The zero-order valence-corrected chi connectivity index (χ0v) is 18.5. The van der Waals surface area contributed by atoms with Crippen LogP contribution in [0.3, 0.4) is 0 Å². The molecule has 0 saturated carbocycles. The maximum atomic E-state index is 13.1. The Morgan fingerprint density at radius 2 is 1.64 bits per heavy atom. The fourth-order valence-electron chi connectivity index (χ4n) is 2.80. The number of halogens is 2. The summed E-state index contributed by atoms with van der Waals surface area (Å²) < 4.78 is 5.43. The van der Waals surface area contributed by atoms with Crippen molar-refractivity contribution < 1.29 is 14.3 Å². The number of hydrogen-bond donors (Lipinski definition) is 0. The van der Waals surface area contributed by atoms with Gasteiger partial charge in [-0.05, 0) is 39.0 Å². The van der Waals surface area contributed by atoms with Gasteiger partial charge in [0.15, 0.2) is 0 Å². The lowest BCUT2D eigenvalue weighted by Crippen LogP contribution is -2.50. The van der Waals surface area contributed by atoms with Crippen molar-refractivity contribution >= 4 is 35.1 Å². The monoisotopic (exact) mass is 427 g/mol. The minimum atomic E-state index is -0.536. The number of benzene rings is 1. The van der Waals surface area contributed by atoms with Gasteiger partial charge in [-0.15, -0.1) is 0 Å². The summed E-state index contributed by atoms with van der Waals surface area (Å²) in [7, 11) is 3.71. The van der Waals surface area contributed by atoms with E-state index in [1.54, 1.807) is 29.3 Å². The van der Waals surface area contributed by atoms with Crippen molar-refractivity contribution in [1.82, 2.24) is 14.7 Å². The number of nitrogens with zero attached hydrogens (tertiary/aromatic N) is 3. The summed E-state index contributed by atoms with van der Waals surface area (Å²) in [6.45, 7) is 7.52. The summed E-state index contributed by atoms with van der Waals surface area (Å²) in [5.74, 6) is -0.180. The Bertz CT molecular complexity index is 764. The van der Waals surface area contributed by atoms with Crippen LogP contribution in [0.5, 0.6) is 0 Å². The third-order valence-electron chi connectivity index (χ3n) is 4.06. The second kappa shape index (κ2) is 9.05. The molecule has 154 valence electrons. The van der Waals surface area contributed by atoms with Crippen LogP contribution in [0.2, 0.25) is 10.0 Å². The van der Waals surface area contributed by atoms with Crippen LogP contribution in [0.4, 0.5) is 4.79 Å². The Balaban J connectivity index is 2.15. The first kappa shape index (κ1) is 22.4. The number of carbonyl (C=O) groups excluding carboxylic acids is 2. The first-order valence-corrected chi connectivity index (χ1v) is 9.84. The molecule has 0 unspecified atom stereocenters. The van der Waals surface area contributed by atoms with Gasteiger partial charge in [0, 0.05) is 57.1 Å². The molecule has 1 saturated heterocycles. The van der Waals surface area contributed by atoms with Crippen LogP contribution in [0.15, 0.2) is 30.1 Å². The molecule has 0 atom stereocenters. The number of carbonyl (C=O) groups is 2. The summed E-state index contributed by atoms with van der Waals surface area (Å²) in [5, 5.41) is 0.792. The van der Waals surface area contributed by atoms with Crippen molar-refractivity contribution in [3.8, 4) is 0 Å². The van der Waals surface area contributed by atoms with Gasteiger partial charge in [0.25, 0.3) is 0 Å². The molecule has 1 aliphatic heterocycles. The molecule has 1 fully saturated rings. The fraction of sp³-hybridized carbons (Fsp3) is 0.500. The molecular formula is C20H27Cl2N3O3. The zero-order valence-electron chi connectivity index (χ0n) is 17.0. The summed E-state index contributed by atoms with van der Waals surface area (Å²) in [6.07, 6.45) is 1.44. The van der Waals surface area contributed by atoms with Crippen LogP contribution in [0, 0.1) is 0 Å². The molecule has 1 aliphatic rings. The molecule has 1 heterocycles. The van der Waals surface area contributed by atoms with E-state index >= 15 is 0 Å². The molecule has 1 aromatic carbocycles. The Hall–Kier alpha value is -1.92. The highest BCUT2D eigenvalue weighted by atomic mass is 35.5. The van der Waals surface area contributed by atoms with E-state index in [2.05, 4.69) is 0 Å². The van der Waals surface area contributed by atoms with Gasteiger partial charge in [-0.1, -0.05) is 23.2 Å². The number of allylic oxidation sites excluding steroid dienone is 1. The largest absolute Gasteiger partial charge is 0.444 e. The summed E-state index contributed by atoms with van der Waals surface area (Å²) in [6, 6.07) is 4.84. The predicted octanol–water partition coefficient (Wildman–Crippen LogP) is 4.13. The number of amides is 1. The van der Waals surface area contributed by atoms with Gasteiger partial charge in [-0.25, -0.2) is 4.79 Å². The van der Waals surface area contributed by atoms with Crippen molar-refractivity contribution in [2.24, 2.45) is 0 Å². The summed E-state index contributed by atoms with van der Waals surface area (Å²) in [5.41, 5.74) is 0.387. The second-order valence-corrected chi connectivity index (χ2v) is 8.73. The molecule has 1 aromatic rings. The topological polar surface area (TPSA) is 53.1 Å². The maximum Gasteiger partial charge on any atom is 0.410 e. The number of ketones is 1. The van der Waals surface area contributed by atoms with Gasteiger partial charge in [0.1, 0.15) is 11.3 Å². The SMILES string of the molecule is CN(C)/C=C(\C(=O)c1ccc(Cl)cc1Cl)N1CCN(C(=O)OC(C)(C)C)CC1. The van der Waals surface area contributed by atoms with Crippen molar-refractivity contribution in [2.45, 2.75) is 26.4 Å². The van der Waals surface area contributed by atoms with E-state index in [-0.39, 0.29) is 11.9 Å². The van der Waals surface area contributed by atoms with Gasteiger partial charge in [0.05, 0.1) is 5.02 Å². The number of ether oxygens (including phenoxy) is 1. The highest BCUT2D eigenvalue weighted by molar-refractivity contribution is 6.37. The first-order chi connectivity index (χ1) is 13.0. The number of piperazine rings is 1. The highest BCUT2D eigenvalue weighted by Crippen LogP contribution is 2.25. The van der Waals surface area contributed by atoms with E-state index in [1.165, 1.54) is 0 Å². The fourth-order valence-corrected chi connectivity index (χ4v) is 3.29. The Kier molecular flexibility index (Phi) is 7.23. The molecule has 0 N–H and O–H groups in total. The van der Waals surface area contributed by atoms with Gasteiger partial charge in [0.2, 0.25) is 5.78 Å². The third kappa shape index (κ3) is 6.04. The van der Waals surface area contributed by atoms with Crippen LogP contribution in [-0.2, 0) is 4.74 Å². The molecule has 0 radical (unpaired) electrons. The summed E-state index contributed by atoms with van der Waals surface area (Å²) in [4.78, 5) is 30.9. The van der Waals surface area contributed by atoms with E-state index < -0.39 is 5.60 Å². The lowest BCUT2D eigenvalue weighted by Gasteiger charge is -2.37. The Morgan fingerprint density at radius 3 is 2.14 bits per heavy atom. The van der Waals surface area contributed by atoms with Gasteiger partial charge < -0.3 is 19.4 Å². The molecule has 8 heteroatoms. The molecule has 0 aliphatic carbocycles. The van der Waals surface area contributed by atoms with Gasteiger partial charge in [-0.3, -0.25) is 4.79 Å². The third-order valence-corrected chi connectivity index (χ3v) is 4.61. The van der Waals surface area contributed by atoms with E-state index in [1.807, 2.05) is 44.7 Å². The molecule has 0 spiro atoms. The van der Waals surface area contributed by atoms with Crippen LogP contribution in [0.25, 0.3) is 0 Å². The van der Waals surface area contributed by atoms with Gasteiger partial charge in [-0.2, -0.15) is 0 Å². The molecule has 6 nitrogen and oxygen atoms in total. The maximum absolute atomic E-state index is 13.1. The minimum Gasteiger partial charge on any atom is -0.444 e. The predicted molar refractivity (Wildman–Crippen MR) is 112 cm³/mol. The minimum absolute atomic E-state index is 0.180.